The highest BCUT2D eigenvalue weighted by Gasteiger charge is 2.21. The molecule has 6 aromatic rings. The van der Waals surface area contributed by atoms with Gasteiger partial charge in [-0.1, -0.05) is 26.0 Å². The van der Waals surface area contributed by atoms with Gasteiger partial charge in [0, 0.05) is 68.6 Å². The largest absolute Gasteiger partial charge is 0.383 e. The van der Waals surface area contributed by atoms with Crippen LogP contribution in [0.1, 0.15) is 25.2 Å². The summed E-state index contributed by atoms with van der Waals surface area (Å²) in [5.74, 6) is 2.00. The van der Waals surface area contributed by atoms with Crippen molar-refractivity contribution in [1.29, 1.82) is 5.26 Å². The Kier molecular flexibility index (Phi) is 8.75. The van der Waals surface area contributed by atoms with Crippen molar-refractivity contribution in [2.24, 2.45) is 0 Å². The first-order chi connectivity index (χ1) is 22.6. The van der Waals surface area contributed by atoms with E-state index in [2.05, 4.69) is 54.0 Å². The number of nitrogens with zero attached hydrogens (tertiary/aromatic N) is 9. The highest BCUT2D eigenvalue weighted by atomic mass is 16.1. The quantitative estimate of drug-likeness (QED) is 0.276. The zero-order valence-corrected chi connectivity index (χ0v) is 25.6. The number of anilines is 2. The Morgan fingerprint density at radius 2 is 1.70 bits per heavy atom. The minimum Gasteiger partial charge on any atom is -0.383 e. The topological polar surface area (TPSA) is 159 Å². The standard InChI is InChI=1S/C32H27N11O.C2H6/c33-18-27-35-13-11-28(40-27)42-16-14-41(15-17-42)20-21-3-6-23(7-4-21)43-31(24-2-1-12-36-30(24)34)39-26-9-8-25(38-32(26)43)22-5-10-29(44)37-19-22;1-2/h1-13,19H,14-17,20H2,(H2,34,36)(H,37,44);1-2H3. The van der Waals surface area contributed by atoms with Crippen molar-refractivity contribution in [1.82, 2.24) is 39.4 Å². The molecule has 230 valence electrons. The molecule has 0 saturated carbocycles. The molecule has 6 heterocycles. The zero-order valence-electron chi connectivity index (χ0n) is 25.6. The van der Waals surface area contributed by atoms with E-state index in [1.807, 2.05) is 54.8 Å². The second kappa shape index (κ2) is 13.4. The van der Waals surface area contributed by atoms with Crippen LogP contribution in [0.3, 0.4) is 0 Å². The zero-order chi connectivity index (χ0) is 32.0. The SMILES string of the molecule is CC.N#Cc1nccc(N2CCN(Cc3ccc(-n4c(-c5cccnc5N)nc5ccc(-c6ccc(=O)[nH]c6)nc54)cc3)CC2)n1. The summed E-state index contributed by atoms with van der Waals surface area (Å²) in [5.41, 5.74) is 11.8. The molecule has 1 aliphatic heterocycles. The van der Waals surface area contributed by atoms with Gasteiger partial charge in [-0.2, -0.15) is 5.26 Å². The third-order valence-electron chi connectivity index (χ3n) is 7.70. The highest BCUT2D eigenvalue weighted by Crippen LogP contribution is 2.31. The second-order valence-corrected chi connectivity index (χ2v) is 10.5. The number of nitriles is 1. The minimum absolute atomic E-state index is 0.170. The minimum atomic E-state index is -0.170. The molecule has 0 radical (unpaired) electrons. The molecule has 0 atom stereocenters. The molecular formula is C34H33N11O. The van der Waals surface area contributed by atoms with Crippen LogP contribution in [0.4, 0.5) is 11.6 Å². The van der Waals surface area contributed by atoms with E-state index in [0.717, 1.165) is 49.8 Å². The summed E-state index contributed by atoms with van der Waals surface area (Å²) >= 11 is 0. The van der Waals surface area contributed by atoms with Crippen LogP contribution in [0.25, 0.3) is 39.5 Å². The summed E-state index contributed by atoms with van der Waals surface area (Å²) in [5, 5.41) is 9.12. The first-order valence-electron chi connectivity index (χ1n) is 15.1. The lowest BCUT2D eigenvalue weighted by Gasteiger charge is -2.35. The summed E-state index contributed by atoms with van der Waals surface area (Å²) in [6.07, 6.45) is 4.94. The molecule has 1 aliphatic rings. The van der Waals surface area contributed by atoms with Gasteiger partial charge < -0.3 is 15.6 Å². The number of benzene rings is 1. The van der Waals surface area contributed by atoms with Crippen LogP contribution >= 0.6 is 0 Å². The fraction of sp³-hybridized carbons (Fsp3) is 0.206. The first kappa shape index (κ1) is 30.1. The van der Waals surface area contributed by atoms with E-state index in [0.29, 0.717) is 34.1 Å². The average molecular weight is 612 g/mol. The number of imidazole rings is 1. The molecular weight excluding hydrogens is 578 g/mol. The summed E-state index contributed by atoms with van der Waals surface area (Å²) in [6.45, 7) is 8.20. The predicted molar refractivity (Wildman–Crippen MR) is 178 cm³/mol. The molecule has 5 aromatic heterocycles. The lowest BCUT2D eigenvalue weighted by molar-refractivity contribution is 0.249. The molecule has 0 bridgehead atoms. The van der Waals surface area contributed by atoms with Crippen LogP contribution in [-0.4, -0.2) is 65.5 Å². The van der Waals surface area contributed by atoms with Crippen molar-refractivity contribution in [3.05, 3.63) is 107 Å². The van der Waals surface area contributed by atoms with Gasteiger partial charge in [0.1, 0.15) is 23.2 Å². The van der Waals surface area contributed by atoms with Gasteiger partial charge in [-0.3, -0.25) is 14.3 Å². The van der Waals surface area contributed by atoms with Crippen LogP contribution in [-0.2, 0) is 6.54 Å². The number of nitrogen functional groups attached to an aromatic ring is 1. The Balaban J connectivity index is 0.00000182. The van der Waals surface area contributed by atoms with Crippen molar-refractivity contribution < 1.29 is 0 Å². The molecule has 1 fully saturated rings. The molecule has 12 heteroatoms. The van der Waals surface area contributed by atoms with Crippen molar-refractivity contribution in [3.8, 4) is 34.4 Å². The van der Waals surface area contributed by atoms with E-state index >= 15 is 0 Å². The maximum Gasteiger partial charge on any atom is 0.247 e. The number of nitrogens with two attached hydrogens (primary N) is 1. The van der Waals surface area contributed by atoms with Gasteiger partial charge in [-0.05, 0) is 54.1 Å². The Hall–Kier alpha value is -5.93. The lowest BCUT2D eigenvalue weighted by atomic mass is 10.1. The summed E-state index contributed by atoms with van der Waals surface area (Å²) in [4.78, 5) is 41.4. The monoisotopic (exact) mass is 611 g/mol. The molecule has 46 heavy (non-hydrogen) atoms. The number of fused-ring (bicyclic) bond motifs is 1. The molecule has 1 aromatic carbocycles. The number of aromatic amines is 1. The second-order valence-electron chi connectivity index (χ2n) is 10.5. The number of hydrogen-bond donors (Lipinski definition) is 2. The third-order valence-corrected chi connectivity index (χ3v) is 7.70. The molecule has 3 N–H and O–H groups in total. The fourth-order valence-electron chi connectivity index (χ4n) is 5.44. The van der Waals surface area contributed by atoms with E-state index < -0.39 is 0 Å². The van der Waals surface area contributed by atoms with Gasteiger partial charge in [0.05, 0.1) is 11.3 Å². The summed E-state index contributed by atoms with van der Waals surface area (Å²) in [6, 6.07) is 23.0. The summed E-state index contributed by atoms with van der Waals surface area (Å²) < 4.78 is 2.00. The van der Waals surface area contributed by atoms with Gasteiger partial charge in [0.15, 0.2) is 11.5 Å². The van der Waals surface area contributed by atoms with Crippen molar-refractivity contribution in [2.45, 2.75) is 20.4 Å². The number of H-pyrrole nitrogens is 1. The van der Waals surface area contributed by atoms with Gasteiger partial charge in [-0.15, -0.1) is 0 Å². The smallest absolute Gasteiger partial charge is 0.247 e. The molecule has 0 unspecified atom stereocenters. The van der Waals surface area contributed by atoms with E-state index in [9.17, 15) is 4.79 Å². The normalized spacial score (nSPS) is 13.2. The number of aromatic nitrogens is 7. The van der Waals surface area contributed by atoms with Gasteiger partial charge in [0.25, 0.3) is 0 Å². The maximum absolute atomic E-state index is 11.6. The lowest BCUT2D eigenvalue weighted by Crippen LogP contribution is -2.46. The first-order valence-corrected chi connectivity index (χ1v) is 15.1. The van der Waals surface area contributed by atoms with Crippen molar-refractivity contribution >= 4 is 22.8 Å². The molecule has 1 saturated heterocycles. The van der Waals surface area contributed by atoms with Crippen molar-refractivity contribution in [3.63, 3.8) is 0 Å². The molecule has 0 aliphatic carbocycles. The Morgan fingerprint density at radius 1 is 0.891 bits per heavy atom. The van der Waals surface area contributed by atoms with Gasteiger partial charge >= 0.3 is 0 Å². The number of nitrogens with one attached hydrogen (secondary N) is 1. The number of hydrogen-bond acceptors (Lipinski definition) is 10. The van der Waals surface area contributed by atoms with E-state index in [1.54, 1.807) is 24.7 Å². The third kappa shape index (κ3) is 6.17. The number of rotatable bonds is 6. The van der Waals surface area contributed by atoms with Crippen molar-refractivity contribution in [2.75, 3.05) is 36.8 Å². The Labute approximate surface area is 265 Å². The molecule has 0 spiro atoms. The van der Waals surface area contributed by atoms with Crippen LogP contribution in [0, 0.1) is 11.3 Å². The van der Waals surface area contributed by atoms with E-state index in [4.69, 9.17) is 21.0 Å². The average Bonchev–Trinajstić information content (AvgIpc) is 3.49. The van der Waals surface area contributed by atoms with E-state index in [-0.39, 0.29) is 11.4 Å². The van der Waals surface area contributed by atoms with Crippen LogP contribution in [0.15, 0.2) is 90.1 Å². The van der Waals surface area contributed by atoms with Crippen LogP contribution in [0.5, 0.6) is 0 Å². The molecule has 12 nitrogen and oxygen atoms in total. The maximum atomic E-state index is 11.6. The van der Waals surface area contributed by atoms with Crippen LogP contribution in [0.2, 0.25) is 0 Å². The highest BCUT2D eigenvalue weighted by molar-refractivity contribution is 5.84. The Bertz CT molecular complexity index is 2050. The van der Waals surface area contributed by atoms with Gasteiger partial charge in [0.2, 0.25) is 11.4 Å². The number of pyridine rings is 3. The summed E-state index contributed by atoms with van der Waals surface area (Å²) in [7, 11) is 0. The van der Waals surface area contributed by atoms with Gasteiger partial charge in [-0.25, -0.2) is 24.9 Å². The van der Waals surface area contributed by atoms with E-state index in [1.165, 1.54) is 11.6 Å². The predicted octanol–water partition coefficient (Wildman–Crippen LogP) is 4.43. The number of piperazine rings is 1. The van der Waals surface area contributed by atoms with Crippen LogP contribution < -0.4 is 16.2 Å². The Morgan fingerprint density at radius 3 is 2.41 bits per heavy atom. The fourth-order valence-corrected chi connectivity index (χ4v) is 5.44. The molecule has 0 amide bonds. The molecule has 7 rings (SSSR count).